The zero-order valence-electron chi connectivity index (χ0n) is 14.2. The first-order valence-electron chi connectivity index (χ1n) is 7.71. The summed E-state index contributed by atoms with van der Waals surface area (Å²) in [4.78, 5) is 4.50. The Hall–Kier alpha value is -0.660. The minimum atomic E-state index is -1.13. The third-order valence-electron chi connectivity index (χ3n) is 3.67. The highest BCUT2D eigenvalue weighted by atomic mass is 79.9. The molecule has 1 aromatic heterocycles. The van der Waals surface area contributed by atoms with E-state index >= 15 is 0 Å². The molecule has 2 nitrogen and oxygen atoms in total. The van der Waals surface area contributed by atoms with Crippen LogP contribution in [0.4, 0.5) is 8.78 Å². The maximum Gasteiger partial charge on any atom is 0.126 e. The van der Waals surface area contributed by atoms with E-state index in [1.165, 1.54) is 12.1 Å². The molecule has 25 heavy (non-hydrogen) atoms. The predicted octanol–water partition coefficient (Wildman–Crippen LogP) is 5.76. The highest BCUT2D eigenvalue weighted by Crippen LogP contribution is 2.31. The zero-order valence-corrected chi connectivity index (χ0v) is 18.1. The van der Waals surface area contributed by atoms with Crippen LogP contribution in [0.5, 0.6) is 0 Å². The van der Waals surface area contributed by atoms with E-state index in [2.05, 4.69) is 36.8 Å². The van der Waals surface area contributed by atoms with Gasteiger partial charge in [-0.1, -0.05) is 0 Å². The molecule has 0 spiro atoms. The molecule has 2 rings (SSSR count). The van der Waals surface area contributed by atoms with Gasteiger partial charge in [0.05, 0.1) is 5.69 Å². The monoisotopic (exact) mass is 493 g/mol. The smallest absolute Gasteiger partial charge is 0.126 e. The van der Waals surface area contributed by atoms with E-state index < -0.39 is 22.4 Å². The number of pyridine rings is 1. The predicted molar refractivity (Wildman–Crippen MR) is 105 cm³/mol. The van der Waals surface area contributed by atoms with Crippen LogP contribution in [0, 0.1) is 11.6 Å². The second kappa shape index (κ2) is 8.35. The summed E-state index contributed by atoms with van der Waals surface area (Å²) in [5, 5.41) is 0. The Bertz CT molecular complexity index is 773. The van der Waals surface area contributed by atoms with E-state index in [0.29, 0.717) is 22.3 Å². The summed E-state index contributed by atoms with van der Waals surface area (Å²) in [6, 6.07) is 7.11. The van der Waals surface area contributed by atoms with E-state index in [4.69, 9.17) is 0 Å². The van der Waals surface area contributed by atoms with Gasteiger partial charge < -0.3 is 0 Å². The van der Waals surface area contributed by atoms with Crippen LogP contribution < -0.4 is 0 Å². The maximum absolute atomic E-state index is 13.5. The minimum absolute atomic E-state index is 0.242. The zero-order chi connectivity index (χ0) is 18.8. The van der Waals surface area contributed by atoms with Gasteiger partial charge in [-0.25, -0.2) is 13.8 Å². The molecule has 1 aromatic carbocycles. The molecule has 2 aromatic rings. The number of rotatable bonds is 5. The fraction of sp³-hybridized carbons (Fsp3) is 0.389. The fourth-order valence-corrected chi connectivity index (χ4v) is 4.41. The van der Waals surface area contributed by atoms with Gasteiger partial charge in [0.1, 0.15) is 16.2 Å². The summed E-state index contributed by atoms with van der Waals surface area (Å²) in [7, 11) is -1.13. The van der Waals surface area contributed by atoms with Gasteiger partial charge in [-0.2, -0.15) is 0 Å². The number of benzene rings is 1. The Kier molecular flexibility index (Phi) is 6.90. The summed E-state index contributed by atoms with van der Waals surface area (Å²) in [5.74, 6) is -1.13. The molecule has 1 heterocycles. The van der Waals surface area contributed by atoms with Crippen molar-refractivity contribution in [1.82, 2.24) is 4.98 Å². The van der Waals surface area contributed by atoms with E-state index in [-0.39, 0.29) is 10.7 Å². The largest absolute Gasteiger partial charge is 0.259 e. The van der Waals surface area contributed by atoms with Crippen molar-refractivity contribution in [2.24, 2.45) is 0 Å². The number of aromatic nitrogens is 1. The van der Waals surface area contributed by atoms with E-state index in [1.807, 2.05) is 26.8 Å². The van der Waals surface area contributed by atoms with Crippen molar-refractivity contribution in [2.45, 2.75) is 37.9 Å². The summed E-state index contributed by atoms with van der Waals surface area (Å²) < 4.78 is 40.8. The molecule has 2 atom stereocenters. The first-order valence-corrected chi connectivity index (χ1v) is 10.6. The normalized spacial score (nSPS) is 14.4. The second-order valence-electron chi connectivity index (χ2n) is 6.80. The SMILES string of the molecule is CC(C)(C)[S@](=O)C[C@@H](Cc1cc(F)cc(F)c1)c1nc(Br)ccc1Br. The van der Waals surface area contributed by atoms with Gasteiger partial charge in [0.15, 0.2) is 0 Å². The Morgan fingerprint density at radius 1 is 1.12 bits per heavy atom. The van der Waals surface area contributed by atoms with Gasteiger partial charge in [0, 0.05) is 37.8 Å². The molecule has 0 amide bonds. The molecule has 0 radical (unpaired) electrons. The Morgan fingerprint density at radius 3 is 2.28 bits per heavy atom. The molecule has 0 N–H and O–H groups in total. The van der Waals surface area contributed by atoms with Crippen molar-refractivity contribution in [3.05, 3.63) is 62.3 Å². The van der Waals surface area contributed by atoms with Crippen molar-refractivity contribution >= 4 is 42.7 Å². The third kappa shape index (κ3) is 5.93. The van der Waals surface area contributed by atoms with Gasteiger partial charge in [-0.3, -0.25) is 4.21 Å². The number of hydrogen-bond donors (Lipinski definition) is 0. The highest BCUT2D eigenvalue weighted by Gasteiger charge is 2.26. The average molecular weight is 495 g/mol. The molecule has 0 aliphatic rings. The van der Waals surface area contributed by atoms with Crippen LogP contribution in [-0.4, -0.2) is 19.7 Å². The van der Waals surface area contributed by atoms with Gasteiger partial charge >= 0.3 is 0 Å². The lowest BCUT2D eigenvalue weighted by atomic mass is 9.97. The Balaban J connectivity index is 2.41. The van der Waals surface area contributed by atoms with E-state index in [9.17, 15) is 13.0 Å². The van der Waals surface area contributed by atoms with Crippen LogP contribution in [0.25, 0.3) is 0 Å². The van der Waals surface area contributed by atoms with Crippen molar-refractivity contribution in [3.8, 4) is 0 Å². The van der Waals surface area contributed by atoms with Gasteiger partial charge in [0.25, 0.3) is 0 Å². The van der Waals surface area contributed by atoms with Crippen LogP contribution in [0.3, 0.4) is 0 Å². The van der Waals surface area contributed by atoms with Crippen molar-refractivity contribution in [3.63, 3.8) is 0 Å². The molecule has 0 bridgehead atoms. The summed E-state index contributed by atoms with van der Waals surface area (Å²) >= 11 is 6.83. The number of nitrogens with zero attached hydrogens (tertiary/aromatic N) is 1. The lowest BCUT2D eigenvalue weighted by Crippen LogP contribution is -2.28. The third-order valence-corrected chi connectivity index (χ3v) is 6.85. The number of hydrogen-bond acceptors (Lipinski definition) is 2. The van der Waals surface area contributed by atoms with Gasteiger partial charge in [0.2, 0.25) is 0 Å². The van der Waals surface area contributed by atoms with E-state index in [1.54, 1.807) is 6.07 Å². The average Bonchev–Trinajstić information content (AvgIpc) is 2.47. The lowest BCUT2D eigenvalue weighted by Gasteiger charge is -2.24. The minimum Gasteiger partial charge on any atom is -0.259 e. The van der Waals surface area contributed by atoms with Crippen molar-refractivity contribution in [2.75, 3.05) is 5.75 Å². The second-order valence-corrected chi connectivity index (χ2v) is 10.7. The summed E-state index contributed by atoms with van der Waals surface area (Å²) in [6.45, 7) is 5.72. The van der Waals surface area contributed by atoms with Crippen LogP contribution in [0.1, 0.15) is 37.9 Å². The highest BCUT2D eigenvalue weighted by molar-refractivity contribution is 9.11. The first-order chi connectivity index (χ1) is 11.6. The molecular weight excluding hydrogens is 476 g/mol. The molecule has 0 aliphatic carbocycles. The summed E-state index contributed by atoms with van der Waals surface area (Å²) in [6.07, 6.45) is 0.346. The van der Waals surface area contributed by atoms with Crippen LogP contribution in [0.15, 0.2) is 39.4 Å². The molecule has 136 valence electrons. The molecule has 7 heteroatoms. The van der Waals surface area contributed by atoms with Crippen LogP contribution >= 0.6 is 31.9 Å². The lowest BCUT2D eigenvalue weighted by molar-refractivity contribution is 0.576. The Labute approximate surface area is 166 Å². The maximum atomic E-state index is 13.5. The fourth-order valence-electron chi connectivity index (χ4n) is 2.40. The topological polar surface area (TPSA) is 30.0 Å². The molecule has 0 saturated carbocycles. The van der Waals surface area contributed by atoms with Crippen molar-refractivity contribution in [1.29, 1.82) is 0 Å². The van der Waals surface area contributed by atoms with Crippen LogP contribution in [0.2, 0.25) is 0 Å². The molecule has 0 fully saturated rings. The molecule has 0 unspecified atom stereocenters. The standard InChI is InChI=1S/C18H19Br2F2NOS/c1-18(2,3)25(24)10-12(17-15(19)4-5-16(20)23-17)6-11-7-13(21)9-14(22)8-11/h4-5,7-9,12H,6,10H2,1-3H3/t12-,25-/m1/s1. The van der Waals surface area contributed by atoms with E-state index in [0.717, 1.165) is 16.2 Å². The quantitative estimate of drug-likeness (QED) is 0.494. The first kappa shape index (κ1) is 20.6. The molecular formula is C18H19Br2F2NOS. The summed E-state index contributed by atoms with van der Waals surface area (Å²) in [5.41, 5.74) is 1.23. The Morgan fingerprint density at radius 2 is 1.72 bits per heavy atom. The molecule has 0 saturated heterocycles. The van der Waals surface area contributed by atoms with Gasteiger partial charge in [-0.15, -0.1) is 0 Å². The van der Waals surface area contributed by atoms with Crippen LogP contribution in [-0.2, 0) is 17.2 Å². The molecule has 0 aliphatic heterocycles. The number of halogens is 4. The van der Waals surface area contributed by atoms with Crippen molar-refractivity contribution < 1.29 is 13.0 Å². The van der Waals surface area contributed by atoms with Gasteiger partial charge in [-0.05, 0) is 88.9 Å².